The topological polar surface area (TPSA) is 29.1 Å². The smallest absolute Gasteiger partial charge is 0.225 e. The first kappa shape index (κ1) is 9.30. The largest absolute Gasteiger partial charge is 0.352 e. The lowest BCUT2D eigenvalue weighted by atomic mass is 9.80. The zero-order valence-electron chi connectivity index (χ0n) is 7.84. The van der Waals surface area contributed by atoms with Gasteiger partial charge in [-0.2, -0.15) is 0 Å². The number of carbonyl (C=O) groups is 1. The molecule has 0 bridgehead atoms. The van der Waals surface area contributed by atoms with E-state index in [1.54, 1.807) is 0 Å². The zero-order valence-corrected chi connectivity index (χ0v) is 7.84. The molecule has 1 fully saturated rings. The van der Waals surface area contributed by atoms with Crippen LogP contribution in [0.2, 0.25) is 0 Å². The standard InChI is InChI=1S/C10H17NO/c1-4-5-6-8-9(7(2)3)11-10(8)12/h4,7-9H,1,5-6H2,2-3H3,(H,11,12)/t8-,9-/m1/s1. The second-order valence-corrected chi connectivity index (χ2v) is 3.75. The molecular weight excluding hydrogens is 150 g/mol. The van der Waals surface area contributed by atoms with Crippen LogP contribution in [0, 0.1) is 11.8 Å². The maximum Gasteiger partial charge on any atom is 0.225 e. The molecule has 0 aromatic rings. The van der Waals surface area contributed by atoms with Crippen LogP contribution in [0.4, 0.5) is 0 Å². The fourth-order valence-corrected chi connectivity index (χ4v) is 1.68. The van der Waals surface area contributed by atoms with Crippen LogP contribution in [0.1, 0.15) is 26.7 Å². The lowest BCUT2D eigenvalue weighted by Gasteiger charge is -2.39. The molecule has 1 saturated heterocycles. The van der Waals surface area contributed by atoms with E-state index < -0.39 is 0 Å². The van der Waals surface area contributed by atoms with Crippen LogP contribution in [0.25, 0.3) is 0 Å². The van der Waals surface area contributed by atoms with E-state index in [4.69, 9.17) is 0 Å². The minimum absolute atomic E-state index is 0.218. The summed E-state index contributed by atoms with van der Waals surface area (Å²) in [5.41, 5.74) is 0. The molecule has 1 aliphatic rings. The van der Waals surface area contributed by atoms with Crippen LogP contribution in [0.5, 0.6) is 0 Å². The van der Waals surface area contributed by atoms with Crippen LogP contribution in [0.3, 0.4) is 0 Å². The molecule has 0 saturated carbocycles. The van der Waals surface area contributed by atoms with Crippen molar-refractivity contribution in [1.29, 1.82) is 0 Å². The highest BCUT2D eigenvalue weighted by Crippen LogP contribution is 2.26. The summed E-state index contributed by atoms with van der Waals surface area (Å²) in [4.78, 5) is 11.1. The molecular formula is C10H17NO. The van der Waals surface area contributed by atoms with Crippen LogP contribution in [0.15, 0.2) is 12.7 Å². The molecule has 0 aliphatic carbocycles. The Kier molecular flexibility index (Phi) is 2.90. The molecule has 2 nitrogen and oxygen atoms in total. The second-order valence-electron chi connectivity index (χ2n) is 3.75. The molecule has 1 heterocycles. The number of β-lactam (4-membered cyclic amide) rings is 1. The molecule has 12 heavy (non-hydrogen) atoms. The normalized spacial score (nSPS) is 28.1. The maximum absolute atomic E-state index is 11.1. The van der Waals surface area contributed by atoms with E-state index in [-0.39, 0.29) is 11.8 Å². The summed E-state index contributed by atoms with van der Waals surface area (Å²) < 4.78 is 0. The Morgan fingerprint density at radius 2 is 2.33 bits per heavy atom. The average Bonchev–Trinajstić information content (AvgIpc) is 2.00. The van der Waals surface area contributed by atoms with Gasteiger partial charge in [-0.3, -0.25) is 4.79 Å². The molecule has 2 heteroatoms. The monoisotopic (exact) mass is 167 g/mol. The first-order chi connectivity index (χ1) is 5.66. The molecule has 0 aromatic carbocycles. The number of rotatable bonds is 4. The Bertz CT molecular complexity index is 186. The summed E-state index contributed by atoms with van der Waals surface area (Å²) in [7, 11) is 0. The molecule has 0 aromatic heterocycles. The second kappa shape index (κ2) is 3.74. The number of amides is 1. The number of hydrogen-bond acceptors (Lipinski definition) is 1. The van der Waals surface area contributed by atoms with Gasteiger partial charge in [-0.25, -0.2) is 0 Å². The first-order valence-electron chi connectivity index (χ1n) is 4.58. The average molecular weight is 167 g/mol. The van der Waals surface area contributed by atoms with Gasteiger partial charge in [0, 0.05) is 6.04 Å². The fraction of sp³-hybridized carbons (Fsp3) is 0.700. The van der Waals surface area contributed by atoms with Crippen molar-refractivity contribution in [3.8, 4) is 0 Å². The molecule has 1 rings (SSSR count). The van der Waals surface area contributed by atoms with Gasteiger partial charge in [0.05, 0.1) is 5.92 Å². The summed E-state index contributed by atoms with van der Waals surface area (Å²) in [5, 5.41) is 2.93. The molecule has 1 amide bonds. The number of hydrogen-bond donors (Lipinski definition) is 1. The Hall–Kier alpha value is -0.790. The molecule has 68 valence electrons. The highest BCUT2D eigenvalue weighted by molar-refractivity contribution is 5.85. The van der Waals surface area contributed by atoms with Crippen LogP contribution >= 0.6 is 0 Å². The summed E-state index contributed by atoms with van der Waals surface area (Å²) in [6.07, 6.45) is 3.78. The predicted molar refractivity (Wildman–Crippen MR) is 49.7 cm³/mol. The third kappa shape index (κ3) is 1.68. The minimum atomic E-state index is 0.218. The lowest BCUT2D eigenvalue weighted by molar-refractivity contribution is -0.136. The van der Waals surface area contributed by atoms with E-state index in [1.165, 1.54) is 0 Å². The lowest BCUT2D eigenvalue weighted by Crippen LogP contribution is -2.60. The van der Waals surface area contributed by atoms with Gasteiger partial charge in [-0.05, 0) is 18.8 Å². The van der Waals surface area contributed by atoms with E-state index in [1.807, 2.05) is 6.08 Å². The Morgan fingerprint density at radius 1 is 1.67 bits per heavy atom. The van der Waals surface area contributed by atoms with Crippen molar-refractivity contribution < 1.29 is 4.79 Å². The van der Waals surface area contributed by atoms with Crippen molar-refractivity contribution in [2.24, 2.45) is 11.8 Å². The van der Waals surface area contributed by atoms with Gasteiger partial charge >= 0.3 is 0 Å². The minimum Gasteiger partial charge on any atom is -0.352 e. The summed E-state index contributed by atoms with van der Waals surface area (Å²) in [6, 6.07) is 0.400. The van der Waals surface area contributed by atoms with Gasteiger partial charge in [0.1, 0.15) is 0 Å². The SMILES string of the molecule is C=CCC[C@H]1C(=O)N[C@@H]1C(C)C. The van der Waals surface area contributed by atoms with E-state index in [0.29, 0.717) is 12.0 Å². The number of nitrogens with one attached hydrogen (secondary N) is 1. The molecule has 1 N–H and O–H groups in total. The summed E-state index contributed by atoms with van der Waals surface area (Å²) in [5.74, 6) is 1.01. The molecule has 2 atom stereocenters. The van der Waals surface area contributed by atoms with E-state index in [2.05, 4.69) is 25.7 Å². The molecule has 1 aliphatic heterocycles. The molecule has 0 radical (unpaired) electrons. The van der Waals surface area contributed by atoms with Gasteiger partial charge < -0.3 is 5.32 Å². The van der Waals surface area contributed by atoms with E-state index in [0.717, 1.165) is 12.8 Å². The molecule has 0 spiro atoms. The summed E-state index contributed by atoms with van der Waals surface area (Å²) in [6.45, 7) is 7.94. The van der Waals surface area contributed by atoms with Gasteiger partial charge in [0.15, 0.2) is 0 Å². The van der Waals surface area contributed by atoms with Gasteiger partial charge in [-0.1, -0.05) is 19.9 Å². The zero-order chi connectivity index (χ0) is 9.14. The van der Waals surface area contributed by atoms with Crippen molar-refractivity contribution in [2.75, 3.05) is 0 Å². The van der Waals surface area contributed by atoms with Crippen molar-refractivity contribution in [3.63, 3.8) is 0 Å². The van der Waals surface area contributed by atoms with Crippen LogP contribution in [-0.4, -0.2) is 11.9 Å². The maximum atomic E-state index is 11.1. The quantitative estimate of drug-likeness (QED) is 0.501. The van der Waals surface area contributed by atoms with E-state index >= 15 is 0 Å². The Morgan fingerprint density at radius 3 is 2.75 bits per heavy atom. The number of allylic oxidation sites excluding steroid dienone is 1. The Labute approximate surface area is 74.0 Å². The van der Waals surface area contributed by atoms with Gasteiger partial charge in [0.25, 0.3) is 0 Å². The molecule has 0 unspecified atom stereocenters. The third-order valence-corrected chi connectivity index (χ3v) is 2.48. The van der Waals surface area contributed by atoms with Crippen molar-refractivity contribution in [3.05, 3.63) is 12.7 Å². The highest BCUT2D eigenvalue weighted by Gasteiger charge is 2.39. The fourth-order valence-electron chi connectivity index (χ4n) is 1.68. The van der Waals surface area contributed by atoms with Gasteiger partial charge in [0.2, 0.25) is 5.91 Å². The predicted octanol–water partition coefficient (Wildman–Crippen LogP) is 1.72. The summed E-state index contributed by atoms with van der Waals surface area (Å²) >= 11 is 0. The van der Waals surface area contributed by atoms with E-state index in [9.17, 15) is 4.79 Å². The Balaban J connectivity index is 2.38. The highest BCUT2D eigenvalue weighted by atomic mass is 16.2. The third-order valence-electron chi connectivity index (χ3n) is 2.48. The first-order valence-corrected chi connectivity index (χ1v) is 4.58. The van der Waals surface area contributed by atoms with Crippen molar-refractivity contribution in [2.45, 2.75) is 32.7 Å². The van der Waals surface area contributed by atoms with Crippen LogP contribution < -0.4 is 5.32 Å². The van der Waals surface area contributed by atoms with Crippen LogP contribution in [-0.2, 0) is 4.79 Å². The van der Waals surface area contributed by atoms with Crippen molar-refractivity contribution in [1.82, 2.24) is 5.32 Å². The number of carbonyl (C=O) groups excluding carboxylic acids is 1. The van der Waals surface area contributed by atoms with Crippen molar-refractivity contribution >= 4 is 5.91 Å². The van der Waals surface area contributed by atoms with Gasteiger partial charge in [-0.15, -0.1) is 6.58 Å².